The number of benzene rings is 1. The van der Waals surface area contributed by atoms with Gasteiger partial charge in [0.15, 0.2) is 5.96 Å². The Labute approximate surface area is 152 Å². The number of aliphatic hydroxyl groups is 1. The highest BCUT2D eigenvalue weighted by atomic mass is 16.3. The van der Waals surface area contributed by atoms with Gasteiger partial charge in [0.1, 0.15) is 0 Å². The van der Waals surface area contributed by atoms with Crippen LogP contribution in [0.15, 0.2) is 29.3 Å². The second-order valence-electron chi connectivity index (χ2n) is 6.68. The minimum Gasteiger partial charge on any atom is -0.392 e. The van der Waals surface area contributed by atoms with E-state index in [1.54, 1.807) is 0 Å². The van der Waals surface area contributed by atoms with Crippen LogP contribution in [-0.4, -0.2) is 60.1 Å². The van der Waals surface area contributed by atoms with Crippen LogP contribution >= 0.6 is 0 Å². The molecule has 0 saturated carbocycles. The fraction of sp³-hybridized carbons (Fsp3) is 0.650. The van der Waals surface area contributed by atoms with Crippen LogP contribution in [0.1, 0.15) is 38.3 Å². The normalized spacial score (nSPS) is 18.2. The van der Waals surface area contributed by atoms with Crippen molar-refractivity contribution in [1.29, 1.82) is 0 Å². The van der Waals surface area contributed by atoms with Crippen LogP contribution in [-0.2, 0) is 13.2 Å². The lowest BCUT2D eigenvalue weighted by atomic mass is 10.1. The van der Waals surface area contributed by atoms with E-state index in [9.17, 15) is 5.11 Å². The average Bonchev–Trinajstić information content (AvgIpc) is 3.11. The number of rotatable bonds is 8. The summed E-state index contributed by atoms with van der Waals surface area (Å²) in [6.07, 6.45) is 1.23. The third kappa shape index (κ3) is 5.72. The summed E-state index contributed by atoms with van der Waals surface area (Å²) in [6.45, 7) is 13.7. The smallest absolute Gasteiger partial charge is 0.194 e. The summed E-state index contributed by atoms with van der Waals surface area (Å²) >= 11 is 0. The van der Waals surface area contributed by atoms with E-state index in [1.165, 1.54) is 13.0 Å². The minimum absolute atomic E-state index is 0.0674. The first-order chi connectivity index (χ1) is 12.2. The molecule has 0 bridgehead atoms. The third-order valence-electron chi connectivity index (χ3n) is 5.02. The predicted octanol–water partition coefficient (Wildman–Crippen LogP) is 2.31. The van der Waals surface area contributed by atoms with E-state index in [4.69, 9.17) is 4.99 Å². The minimum atomic E-state index is 0.0674. The van der Waals surface area contributed by atoms with E-state index >= 15 is 0 Å². The number of hydrogen-bond acceptors (Lipinski definition) is 3. The Morgan fingerprint density at radius 2 is 1.96 bits per heavy atom. The van der Waals surface area contributed by atoms with Crippen LogP contribution in [0, 0.1) is 5.92 Å². The standard InChI is InChI=1S/C20H34N4O/c1-4-21-20(22-13-18-9-7-8-10-19(18)16-25)24-12-11-17(15-24)14-23(5-2)6-3/h7-10,17,25H,4-6,11-16H2,1-3H3,(H,21,22). The van der Waals surface area contributed by atoms with Gasteiger partial charge in [-0.1, -0.05) is 38.1 Å². The first kappa shape index (κ1) is 19.7. The molecule has 1 saturated heterocycles. The predicted molar refractivity (Wildman–Crippen MR) is 105 cm³/mol. The van der Waals surface area contributed by atoms with Crippen molar-refractivity contribution >= 4 is 5.96 Å². The Kier molecular flexibility index (Phi) is 8.22. The van der Waals surface area contributed by atoms with Gasteiger partial charge in [-0.25, -0.2) is 4.99 Å². The molecular weight excluding hydrogens is 312 g/mol. The SMILES string of the molecule is CCNC(=NCc1ccccc1CO)N1CCC(CN(CC)CC)C1. The molecule has 1 aliphatic heterocycles. The molecule has 0 aliphatic carbocycles. The molecule has 1 heterocycles. The summed E-state index contributed by atoms with van der Waals surface area (Å²) in [5, 5.41) is 12.9. The summed E-state index contributed by atoms with van der Waals surface area (Å²) in [7, 11) is 0. The van der Waals surface area contributed by atoms with Gasteiger partial charge in [-0.05, 0) is 43.5 Å². The second kappa shape index (κ2) is 10.4. The molecule has 5 nitrogen and oxygen atoms in total. The van der Waals surface area contributed by atoms with Gasteiger partial charge in [-0.15, -0.1) is 0 Å². The van der Waals surface area contributed by atoms with Gasteiger partial charge < -0.3 is 20.2 Å². The maximum Gasteiger partial charge on any atom is 0.194 e. The lowest BCUT2D eigenvalue weighted by Crippen LogP contribution is -2.40. The highest BCUT2D eigenvalue weighted by Crippen LogP contribution is 2.18. The van der Waals surface area contributed by atoms with Crippen molar-refractivity contribution in [3.63, 3.8) is 0 Å². The topological polar surface area (TPSA) is 51.1 Å². The monoisotopic (exact) mass is 346 g/mol. The fourth-order valence-electron chi connectivity index (χ4n) is 3.47. The average molecular weight is 347 g/mol. The van der Waals surface area contributed by atoms with Gasteiger partial charge in [0.2, 0.25) is 0 Å². The van der Waals surface area contributed by atoms with Crippen LogP contribution in [0.3, 0.4) is 0 Å². The van der Waals surface area contributed by atoms with E-state index < -0.39 is 0 Å². The van der Waals surface area contributed by atoms with E-state index in [0.717, 1.165) is 49.8 Å². The van der Waals surface area contributed by atoms with Crippen molar-refractivity contribution in [2.45, 2.75) is 40.3 Å². The number of aliphatic imine (C=N–C) groups is 1. The molecule has 1 unspecified atom stereocenters. The summed E-state index contributed by atoms with van der Waals surface area (Å²) in [6, 6.07) is 7.98. The molecule has 0 spiro atoms. The van der Waals surface area contributed by atoms with Gasteiger partial charge in [0.05, 0.1) is 13.2 Å². The fourth-order valence-corrected chi connectivity index (χ4v) is 3.47. The third-order valence-corrected chi connectivity index (χ3v) is 5.02. The highest BCUT2D eigenvalue weighted by molar-refractivity contribution is 5.80. The Hall–Kier alpha value is -1.59. The quantitative estimate of drug-likeness (QED) is 0.560. The number of guanidine groups is 1. The van der Waals surface area contributed by atoms with E-state index in [0.29, 0.717) is 12.5 Å². The molecule has 0 amide bonds. The molecule has 5 heteroatoms. The van der Waals surface area contributed by atoms with Crippen molar-refractivity contribution in [2.75, 3.05) is 39.3 Å². The van der Waals surface area contributed by atoms with Crippen molar-refractivity contribution in [1.82, 2.24) is 15.1 Å². The zero-order valence-electron chi connectivity index (χ0n) is 16.0. The lowest BCUT2D eigenvalue weighted by molar-refractivity contribution is 0.255. The van der Waals surface area contributed by atoms with E-state index in [-0.39, 0.29) is 6.61 Å². The largest absolute Gasteiger partial charge is 0.392 e. The van der Waals surface area contributed by atoms with Crippen molar-refractivity contribution in [3.8, 4) is 0 Å². The molecule has 25 heavy (non-hydrogen) atoms. The molecule has 1 fully saturated rings. The van der Waals surface area contributed by atoms with Crippen LogP contribution in [0.5, 0.6) is 0 Å². The van der Waals surface area contributed by atoms with E-state index in [1.807, 2.05) is 24.3 Å². The number of nitrogens with one attached hydrogen (secondary N) is 1. The molecule has 2 rings (SSSR count). The summed E-state index contributed by atoms with van der Waals surface area (Å²) in [4.78, 5) is 9.73. The molecule has 1 aromatic rings. The van der Waals surface area contributed by atoms with E-state index in [2.05, 4.69) is 35.9 Å². The Bertz CT molecular complexity index is 542. The second-order valence-corrected chi connectivity index (χ2v) is 6.68. The molecule has 1 atom stereocenters. The van der Waals surface area contributed by atoms with Gasteiger partial charge in [0.25, 0.3) is 0 Å². The van der Waals surface area contributed by atoms with Gasteiger partial charge in [-0.3, -0.25) is 0 Å². The van der Waals surface area contributed by atoms with Crippen LogP contribution in [0.2, 0.25) is 0 Å². The summed E-state index contributed by atoms with van der Waals surface area (Å²) < 4.78 is 0. The molecule has 1 aliphatic rings. The molecule has 0 aromatic heterocycles. The summed E-state index contributed by atoms with van der Waals surface area (Å²) in [5.41, 5.74) is 2.06. The zero-order chi connectivity index (χ0) is 18.1. The molecule has 1 aromatic carbocycles. The highest BCUT2D eigenvalue weighted by Gasteiger charge is 2.25. The summed E-state index contributed by atoms with van der Waals surface area (Å²) in [5.74, 6) is 1.71. The Balaban J connectivity index is 2.00. The number of nitrogens with zero attached hydrogens (tertiary/aromatic N) is 3. The maximum atomic E-state index is 9.48. The van der Waals surface area contributed by atoms with Crippen molar-refractivity contribution < 1.29 is 5.11 Å². The lowest BCUT2D eigenvalue weighted by Gasteiger charge is -2.24. The van der Waals surface area contributed by atoms with Gasteiger partial charge in [0, 0.05) is 26.2 Å². The first-order valence-corrected chi connectivity index (χ1v) is 9.64. The molecular formula is C20H34N4O. The van der Waals surface area contributed by atoms with Crippen molar-refractivity contribution in [3.05, 3.63) is 35.4 Å². The van der Waals surface area contributed by atoms with Crippen LogP contribution in [0.25, 0.3) is 0 Å². The van der Waals surface area contributed by atoms with Crippen LogP contribution in [0.4, 0.5) is 0 Å². The van der Waals surface area contributed by atoms with Gasteiger partial charge in [-0.2, -0.15) is 0 Å². The van der Waals surface area contributed by atoms with Crippen LogP contribution < -0.4 is 5.32 Å². The zero-order valence-corrected chi connectivity index (χ0v) is 16.0. The number of likely N-dealkylation sites (tertiary alicyclic amines) is 1. The molecule has 140 valence electrons. The van der Waals surface area contributed by atoms with Gasteiger partial charge >= 0.3 is 0 Å². The number of hydrogen-bond donors (Lipinski definition) is 2. The Morgan fingerprint density at radius 3 is 2.60 bits per heavy atom. The number of aliphatic hydroxyl groups excluding tert-OH is 1. The maximum absolute atomic E-state index is 9.48. The first-order valence-electron chi connectivity index (χ1n) is 9.64. The Morgan fingerprint density at radius 1 is 1.24 bits per heavy atom. The van der Waals surface area contributed by atoms with Crippen molar-refractivity contribution in [2.24, 2.45) is 10.9 Å². The molecule has 2 N–H and O–H groups in total. The molecule has 0 radical (unpaired) electrons.